The summed E-state index contributed by atoms with van der Waals surface area (Å²) in [6.07, 6.45) is 2.69. The second-order valence-corrected chi connectivity index (χ2v) is 9.36. The molecule has 0 bridgehead atoms. The van der Waals surface area contributed by atoms with Gasteiger partial charge >= 0.3 is 6.03 Å². The molecule has 2 fully saturated rings. The molecule has 0 aromatic heterocycles. The Morgan fingerprint density at radius 2 is 1.74 bits per heavy atom. The summed E-state index contributed by atoms with van der Waals surface area (Å²) in [5, 5.41) is 5.93. The Bertz CT molecular complexity index is 1040. The van der Waals surface area contributed by atoms with E-state index in [0.717, 1.165) is 29.7 Å². The molecule has 7 heteroatoms. The molecular weight excluding hydrogens is 428 g/mol. The Balaban J connectivity index is 1.50. The van der Waals surface area contributed by atoms with Crippen molar-refractivity contribution in [3.05, 3.63) is 65.2 Å². The lowest BCUT2D eigenvalue weighted by Crippen LogP contribution is -2.41. The van der Waals surface area contributed by atoms with Gasteiger partial charge in [-0.05, 0) is 61.9 Å². The number of nitrogens with zero attached hydrogens (tertiary/aromatic N) is 2. The zero-order valence-corrected chi connectivity index (χ0v) is 20.0. The maximum Gasteiger partial charge on any atom is 0.321 e. The van der Waals surface area contributed by atoms with Crippen LogP contribution in [0, 0.1) is 19.8 Å². The predicted octanol–water partition coefficient (Wildman–Crippen LogP) is 4.03. The van der Waals surface area contributed by atoms with Gasteiger partial charge in [-0.2, -0.15) is 0 Å². The molecule has 34 heavy (non-hydrogen) atoms. The molecule has 1 saturated carbocycles. The van der Waals surface area contributed by atoms with Gasteiger partial charge in [0.15, 0.2) is 0 Å². The Hall–Kier alpha value is -3.35. The van der Waals surface area contributed by atoms with E-state index in [2.05, 4.69) is 10.6 Å². The molecule has 1 aliphatic carbocycles. The van der Waals surface area contributed by atoms with Crippen LogP contribution >= 0.6 is 0 Å². The molecule has 4 rings (SSSR count). The van der Waals surface area contributed by atoms with Gasteiger partial charge < -0.3 is 20.4 Å². The first kappa shape index (κ1) is 23.8. The van der Waals surface area contributed by atoms with E-state index in [1.807, 2.05) is 67.3 Å². The number of aryl methyl sites for hydroxylation is 2. The first-order chi connectivity index (χ1) is 16.4. The fourth-order valence-electron chi connectivity index (χ4n) is 4.41. The number of nitrogens with one attached hydrogen (secondary N) is 2. The molecule has 1 unspecified atom stereocenters. The monoisotopic (exact) mass is 462 g/mol. The third-order valence-electron chi connectivity index (χ3n) is 6.73. The van der Waals surface area contributed by atoms with Crippen molar-refractivity contribution in [2.24, 2.45) is 5.92 Å². The van der Waals surface area contributed by atoms with Crippen LogP contribution in [0.4, 0.5) is 10.5 Å². The lowest BCUT2D eigenvalue weighted by molar-refractivity contribution is -0.136. The van der Waals surface area contributed by atoms with Gasteiger partial charge in [0.05, 0.1) is 12.5 Å². The van der Waals surface area contributed by atoms with Gasteiger partial charge in [-0.25, -0.2) is 4.79 Å². The number of amides is 4. The summed E-state index contributed by atoms with van der Waals surface area (Å²) >= 11 is 0. The molecule has 0 spiro atoms. The molecule has 2 aliphatic rings. The Kier molecular flexibility index (Phi) is 7.50. The maximum atomic E-state index is 13.2. The van der Waals surface area contributed by atoms with Gasteiger partial charge in [0.25, 0.3) is 0 Å². The van der Waals surface area contributed by atoms with Gasteiger partial charge in [-0.3, -0.25) is 9.59 Å². The van der Waals surface area contributed by atoms with E-state index in [-0.39, 0.29) is 36.2 Å². The van der Waals surface area contributed by atoms with E-state index in [4.69, 9.17) is 0 Å². The van der Waals surface area contributed by atoms with E-state index >= 15 is 0 Å². The van der Waals surface area contributed by atoms with E-state index in [9.17, 15) is 14.4 Å². The van der Waals surface area contributed by atoms with Crippen LogP contribution < -0.4 is 10.6 Å². The van der Waals surface area contributed by atoms with Crippen molar-refractivity contribution in [2.75, 3.05) is 31.5 Å². The van der Waals surface area contributed by atoms with Crippen LogP contribution in [0.5, 0.6) is 0 Å². The first-order valence-corrected chi connectivity index (χ1v) is 12.2. The highest BCUT2D eigenvalue weighted by Crippen LogP contribution is 2.35. The highest BCUT2D eigenvalue weighted by molar-refractivity contribution is 5.89. The molecule has 1 saturated heterocycles. The number of urea groups is 1. The number of hydrogen-bond acceptors (Lipinski definition) is 3. The number of carbonyl (C=O) groups excluding carboxylic acids is 3. The van der Waals surface area contributed by atoms with Crippen LogP contribution in [-0.4, -0.2) is 53.8 Å². The summed E-state index contributed by atoms with van der Waals surface area (Å²) in [5.41, 5.74) is 4.00. The number of rotatable bonds is 3. The Labute approximate surface area is 201 Å². The van der Waals surface area contributed by atoms with E-state index in [1.54, 1.807) is 4.90 Å². The Morgan fingerprint density at radius 1 is 0.971 bits per heavy atom. The number of anilines is 1. The lowest BCUT2D eigenvalue weighted by Gasteiger charge is -2.32. The lowest BCUT2D eigenvalue weighted by atomic mass is 10.0. The van der Waals surface area contributed by atoms with Crippen LogP contribution in [-0.2, 0) is 9.59 Å². The molecule has 180 valence electrons. The Morgan fingerprint density at radius 3 is 2.44 bits per heavy atom. The standard InChI is InChI=1S/C27H34N4O3/c1-19-9-12-23(17-20(19)2)29-27(34)30-14-6-15-31(26(33)22-10-11-22)24(18-25(32)28-13-16-30)21-7-4-3-5-8-21/h3-5,7-9,12,17,22,24H,6,10-11,13-16,18H2,1-2H3,(H,28,32)(H,29,34). The number of hydrogen-bond donors (Lipinski definition) is 2. The van der Waals surface area contributed by atoms with Crippen LogP contribution in [0.2, 0.25) is 0 Å². The molecule has 4 amide bonds. The zero-order chi connectivity index (χ0) is 24.1. The first-order valence-electron chi connectivity index (χ1n) is 12.2. The summed E-state index contributed by atoms with van der Waals surface area (Å²) in [6.45, 7) is 5.85. The van der Waals surface area contributed by atoms with Crippen molar-refractivity contribution in [1.29, 1.82) is 0 Å². The molecule has 2 aromatic carbocycles. The normalized spacial score (nSPS) is 19.7. The highest BCUT2D eigenvalue weighted by atomic mass is 16.2. The van der Waals surface area contributed by atoms with Gasteiger partial charge in [-0.15, -0.1) is 0 Å². The van der Waals surface area contributed by atoms with Gasteiger partial charge in [-0.1, -0.05) is 36.4 Å². The quantitative estimate of drug-likeness (QED) is 0.723. The third kappa shape index (κ3) is 5.95. The van der Waals surface area contributed by atoms with Crippen molar-refractivity contribution in [3.8, 4) is 0 Å². The average Bonchev–Trinajstić information content (AvgIpc) is 3.67. The molecule has 1 atom stereocenters. The second kappa shape index (κ2) is 10.7. The molecule has 2 aromatic rings. The van der Waals surface area contributed by atoms with E-state index in [1.165, 1.54) is 5.56 Å². The van der Waals surface area contributed by atoms with Crippen LogP contribution in [0.25, 0.3) is 0 Å². The van der Waals surface area contributed by atoms with Crippen LogP contribution in [0.1, 0.15) is 48.4 Å². The van der Waals surface area contributed by atoms with Crippen LogP contribution in [0.15, 0.2) is 48.5 Å². The van der Waals surface area contributed by atoms with Gasteiger partial charge in [0, 0.05) is 37.8 Å². The van der Waals surface area contributed by atoms with E-state index < -0.39 is 0 Å². The molecule has 0 radical (unpaired) electrons. The highest BCUT2D eigenvalue weighted by Gasteiger charge is 2.37. The summed E-state index contributed by atoms with van der Waals surface area (Å²) < 4.78 is 0. The maximum absolute atomic E-state index is 13.2. The smallest absolute Gasteiger partial charge is 0.321 e. The van der Waals surface area contributed by atoms with Gasteiger partial charge in [0.1, 0.15) is 0 Å². The molecule has 2 N–H and O–H groups in total. The minimum Gasteiger partial charge on any atom is -0.354 e. The average molecular weight is 463 g/mol. The van der Waals surface area contributed by atoms with Crippen molar-refractivity contribution >= 4 is 23.5 Å². The number of benzene rings is 2. The molecule has 1 aliphatic heterocycles. The predicted molar refractivity (Wildman–Crippen MR) is 132 cm³/mol. The van der Waals surface area contributed by atoms with Crippen molar-refractivity contribution in [1.82, 2.24) is 15.1 Å². The fraction of sp³-hybridized carbons (Fsp3) is 0.444. The minimum absolute atomic E-state index is 0.0589. The summed E-state index contributed by atoms with van der Waals surface area (Å²) in [7, 11) is 0. The summed E-state index contributed by atoms with van der Waals surface area (Å²) in [6, 6.07) is 15.1. The SMILES string of the molecule is Cc1ccc(NC(=O)N2CCCN(C(=O)C3CC3)C(c3ccccc3)CC(=O)NCC2)cc1C. The van der Waals surface area contributed by atoms with E-state index in [0.29, 0.717) is 32.6 Å². The summed E-state index contributed by atoms with van der Waals surface area (Å²) in [4.78, 5) is 42.7. The largest absolute Gasteiger partial charge is 0.354 e. The third-order valence-corrected chi connectivity index (χ3v) is 6.73. The fourth-order valence-corrected chi connectivity index (χ4v) is 4.41. The second-order valence-electron chi connectivity index (χ2n) is 9.36. The topological polar surface area (TPSA) is 81.8 Å². The van der Waals surface area contributed by atoms with Crippen LogP contribution in [0.3, 0.4) is 0 Å². The summed E-state index contributed by atoms with van der Waals surface area (Å²) in [5.74, 6) is 0.0643. The van der Waals surface area contributed by atoms with Crippen molar-refractivity contribution < 1.29 is 14.4 Å². The molecule has 1 heterocycles. The molecular formula is C27H34N4O3. The molecule has 7 nitrogen and oxygen atoms in total. The number of carbonyl (C=O) groups is 3. The minimum atomic E-state index is -0.301. The zero-order valence-electron chi connectivity index (χ0n) is 20.0. The van der Waals surface area contributed by atoms with Gasteiger partial charge in [0.2, 0.25) is 11.8 Å². The van der Waals surface area contributed by atoms with Crippen molar-refractivity contribution in [2.45, 2.75) is 45.6 Å². The van der Waals surface area contributed by atoms with Crippen molar-refractivity contribution in [3.63, 3.8) is 0 Å².